The predicted molar refractivity (Wildman–Crippen MR) is 75.9 cm³/mol. The molecule has 0 amide bonds. The van der Waals surface area contributed by atoms with E-state index in [-0.39, 0.29) is 0 Å². The number of pyridine rings is 1. The summed E-state index contributed by atoms with van der Waals surface area (Å²) in [7, 11) is 0. The van der Waals surface area contributed by atoms with Crippen LogP contribution in [0.1, 0.15) is 0 Å². The number of rotatable bonds is 2. The normalized spacial score (nSPS) is 10.2. The third-order valence-corrected chi connectivity index (χ3v) is 2.96. The fourth-order valence-corrected chi connectivity index (χ4v) is 1.87. The van der Waals surface area contributed by atoms with E-state index in [0.29, 0.717) is 16.5 Å². The maximum atomic E-state index is 7.03. The van der Waals surface area contributed by atoms with Gasteiger partial charge in [0.2, 0.25) is 0 Å². The molecule has 0 atom stereocenters. The maximum Gasteiger partial charge on any atom is 0.187 e. The molecule has 96 valence electrons. The highest BCUT2D eigenvalue weighted by molar-refractivity contribution is 6.29. The summed E-state index contributed by atoms with van der Waals surface area (Å²) in [5.74, 6) is 0. The Hall–Kier alpha value is -2.71. The van der Waals surface area contributed by atoms with Crippen LogP contribution in [0.25, 0.3) is 21.8 Å². The van der Waals surface area contributed by atoms with Crippen molar-refractivity contribution >= 4 is 17.3 Å². The van der Waals surface area contributed by atoms with Gasteiger partial charge in [0.1, 0.15) is 10.8 Å². The quantitative estimate of drug-likeness (QED) is 0.533. The molecule has 0 saturated carbocycles. The van der Waals surface area contributed by atoms with Crippen molar-refractivity contribution < 1.29 is 0 Å². The number of halogens is 1. The molecule has 5 nitrogen and oxygen atoms in total. The van der Waals surface area contributed by atoms with Crippen LogP contribution in [0.5, 0.6) is 0 Å². The Labute approximate surface area is 120 Å². The van der Waals surface area contributed by atoms with E-state index < -0.39 is 0 Å². The van der Waals surface area contributed by atoms with Gasteiger partial charge in [-0.1, -0.05) is 35.0 Å². The zero-order chi connectivity index (χ0) is 13.9. The van der Waals surface area contributed by atoms with E-state index in [2.05, 4.69) is 20.1 Å². The van der Waals surface area contributed by atoms with Gasteiger partial charge in [-0.15, -0.1) is 5.10 Å². The van der Waals surface area contributed by atoms with Gasteiger partial charge in [-0.25, -0.2) is 14.5 Å². The molecule has 0 fully saturated rings. The van der Waals surface area contributed by atoms with Gasteiger partial charge < -0.3 is 0 Å². The summed E-state index contributed by atoms with van der Waals surface area (Å²) in [4.78, 5) is 7.40. The zero-order valence-electron chi connectivity index (χ0n) is 10.2. The van der Waals surface area contributed by atoms with E-state index in [0.717, 1.165) is 11.3 Å². The second kappa shape index (κ2) is 5.11. The molecule has 3 rings (SSSR count). The lowest BCUT2D eigenvalue weighted by molar-refractivity contribution is 0.800. The van der Waals surface area contributed by atoms with Crippen molar-refractivity contribution in [2.24, 2.45) is 0 Å². The Kier molecular flexibility index (Phi) is 3.15. The van der Waals surface area contributed by atoms with Crippen LogP contribution >= 0.6 is 11.6 Å². The van der Waals surface area contributed by atoms with Gasteiger partial charge in [-0.05, 0) is 23.8 Å². The first kappa shape index (κ1) is 12.3. The summed E-state index contributed by atoms with van der Waals surface area (Å²) >= 11 is 5.75. The van der Waals surface area contributed by atoms with Crippen LogP contribution in [0.3, 0.4) is 0 Å². The molecule has 0 aliphatic rings. The van der Waals surface area contributed by atoms with Crippen molar-refractivity contribution in [2.45, 2.75) is 0 Å². The lowest BCUT2D eigenvalue weighted by atomic mass is 10.1. The number of benzene rings is 1. The molecule has 20 heavy (non-hydrogen) atoms. The fraction of sp³-hybridized carbons (Fsp3) is 0. The van der Waals surface area contributed by atoms with Crippen molar-refractivity contribution in [3.63, 3.8) is 0 Å². The lowest BCUT2D eigenvalue weighted by Gasteiger charge is -1.98. The van der Waals surface area contributed by atoms with E-state index >= 15 is 0 Å². The van der Waals surface area contributed by atoms with E-state index in [1.807, 2.05) is 18.2 Å². The first-order valence-electron chi connectivity index (χ1n) is 5.78. The molecular weight excluding hydrogens is 274 g/mol. The Bertz CT molecular complexity index is 786. The highest BCUT2D eigenvalue weighted by Gasteiger charge is 2.06. The van der Waals surface area contributed by atoms with Crippen molar-refractivity contribution in [3.05, 3.63) is 65.4 Å². The van der Waals surface area contributed by atoms with Crippen LogP contribution in [0.2, 0.25) is 5.15 Å². The Morgan fingerprint density at radius 3 is 2.85 bits per heavy atom. The minimum atomic E-state index is 0.429. The fourth-order valence-electron chi connectivity index (χ4n) is 1.76. The van der Waals surface area contributed by atoms with Crippen LogP contribution in [-0.4, -0.2) is 20.0 Å². The van der Waals surface area contributed by atoms with Crippen LogP contribution in [0.4, 0.5) is 5.69 Å². The van der Waals surface area contributed by atoms with Gasteiger partial charge in [0.05, 0.1) is 24.7 Å². The lowest BCUT2D eigenvalue weighted by Crippen LogP contribution is -1.95. The average Bonchev–Trinajstić information content (AvgIpc) is 2.98. The number of aromatic nitrogens is 4. The van der Waals surface area contributed by atoms with Gasteiger partial charge in [0.15, 0.2) is 5.69 Å². The molecule has 0 N–H and O–H groups in total. The van der Waals surface area contributed by atoms with E-state index in [1.165, 1.54) is 0 Å². The molecule has 2 aromatic heterocycles. The minimum absolute atomic E-state index is 0.429. The summed E-state index contributed by atoms with van der Waals surface area (Å²) in [5, 5.41) is 8.59. The molecule has 0 radical (unpaired) electrons. The highest BCUT2D eigenvalue weighted by atomic mass is 35.5. The third-order valence-electron chi connectivity index (χ3n) is 2.74. The molecule has 0 aliphatic carbocycles. The van der Waals surface area contributed by atoms with Crippen LogP contribution in [-0.2, 0) is 0 Å². The van der Waals surface area contributed by atoms with E-state index in [9.17, 15) is 0 Å². The Morgan fingerprint density at radius 2 is 2.10 bits per heavy atom. The maximum absolute atomic E-state index is 7.03. The molecular formula is C14H8ClN5. The zero-order valence-corrected chi connectivity index (χ0v) is 11.0. The molecule has 2 heterocycles. The second-order valence-electron chi connectivity index (χ2n) is 4.05. The third kappa shape index (κ3) is 2.37. The first-order valence-corrected chi connectivity index (χ1v) is 6.16. The van der Waals surface area contributed by atoms with Crippen LogP contribution in [0, 0.1) is 6.57 Å². The molecule has 3 aromatic rings. The van der Waals surface area contributed by atoms with Gasteiger partial charge in [0.25, 0.3) is 0 Å². The minimum Gasteiger partial charge on any atom is -0.242 e. The number of hydrogen-bond acceptors (Lipinski definition) is 3. The molecule has 1 aromatic carbocycles. The number of hydrogen-bond donors (Lipinski definition) is 0. The summed E-state index contributed by atoms with van der Waals surface area (Å²) in [6.07, 6.45) is 3.41. The summed E-state index contributed by atoms with van der Waals surface area (Å²) in [6, 6.07) is 10.8. The first-order chi connectivity index (χ1) is 9.76. The van der Waals surface area contributed by atoms with Gasteiger partial charge in [-0.2, -0.15) is 0 Å². The van der Waals surface area contributed by atoms with E-state index in [1.54, 1.807) is 35.3 Å². The smallest absolute Gasteiger partial charge is 0.187 e. The monoisotopic (exact) mass is 281 g/mol. The van der Waals surface area contributed by atoms with E-state index in [4.69, 9.17) is 18.2 Å². The topological polar surface area (TPSA) is 48.0 Å². The average molecular weight is 282 g/mol. The second-order valence-corrected chi connectivity index (χ2v) is 4.44. The van der Waals surface area contributed by atoms with Crippen LogP contribution < -0.4 is 0 Å². The Morgan fingerprint density at radius 1 is 1.20 bits per heavy atom. The summed E-state index contributed by atoms with van der Waals surface area (Å²) in [5.41, 5.74) is 2.90. The molecule has 6 heteroatoms. The van der Waals surface area contributed by atoms with Gasteiger partial charge in [-0.3, -0.25) is 0 Å². The van der Waals surface area contributed by atoms with Gasteiger partial charge >= 0.3 is 0 Å². The Balaban J connectivity index is 1.97. The van der Waals surface area contributed by atoms with Crippen molar-refractivity contribution in [1.82, 2.24) is 20.0 Å². The molecule has 0 spiro atoms. The molecule has 0 unspecified atom stereocenters. The summed E-state index contributed by atoms with van der Waals surface area (Å²) < 4.78 is 1.61. The molecule has 0 saturated heterocycles. The van der Waals surface area contributed by atoms with Crippen molar-refractivity contribution in [1.29, 1.82) is 0 Å². The summed E-state index contributed by atoms with van der Waals surface area (Å²) in [6.45, 7) is 7.03. The number of nitrogens with zero attached hydrogens (tertiary/aromatic N) is 5. The van der Waals surface area contributed by atoms with Gasteiger partial charge in [0, 0.05) is 0 Å². The predicted octanol–water partition coefficient (Wildman–Crippen LogP) is 3.53. The SMILES string of the molecule is [C-]#[N+]c1cccc(-c2cn(-c3ccc(Cl)nc3)nn2)c1. The van der Waals surface area contributed by atoms with Crippen molar-refractivity contribution in [3.8, 4) is 16.9 Å². The van der Waals surface area contributed by atoms with Crippen molar-refractivity contribution in [2.75, 3.05) is 0 Å². The molecule has 0 aliphatic heterocycles. The molecule has 0 bridgehead atoms. The standard InChI is InChI=1S/C14H8ClN5/c1-16-11-4-2-3-10(7-11)13-9-20(19-18-13)12-5-6-14(15)17-8-12/h2-9H. The largest absolute Gasteiger partial charge is 0.242 e. The van der Waals surface area contributed by atoms with Crippen LogP contribution in [0.15, 0.2) is 48.8 Å². The highest BCUT2D eigenvalue weighted by Crippen LogP contribution is 2.22.